The van der Waals surface area contributed by atoms with E-state index in [9.17, 15) is 14.7 Å². The van der Waals surface area contributed by atoms with Crippen LogP contribution in [0.25, 0.3) is 11.1 Å². The summed E-state index contributed by atoms with van der Waals surface area (Å²) >= 11 is 0. The molecule has 3 fully saturated rings. The van der Waals surface area contributed by atoms with E-state index in [0.717, 1.165) is 42.4 Å². The zero-order valence-corrected chi connectivity index (χ0v) is 18.2. The molecule has 0 spiro atoms. The van der Waals surface area contributed by atoms with Crippen molar-refractivity contribution < 1.29 is 14.7 Å². The minimum absolute atomic E-state index is 0.0113. The number of aromatic nitrogens is 1. The summed E-state index contributed by atoms with van der Waals surface area (Å²) in [5.41, 5.74) is 3.21. The Hall–Kier alpha value is -2.93. The van der Waals surface area contributed by atoms with Gasteiger partial charge in [-0.05, 0) is 35.6 Å². The zero-order chi connectivity index (χ0) is 22.1. The molecule has 3 atom stereocenters. The number of carbonyl (C=O) groups is 2. The second kappa shape index (κ2) is 8.90. The second-order valence-electron chi connectivity index (χ2n) is 9.17. The molecule has 168 valence electrons. The molecular weight excluding hydrogens is 404 g/mol. The van der Waals surface area contributed by atoms with Crippen LogP contribution in [0.5, 0.6) is 0 Å². The van der Waals surface area contributed by atoms with Crippen molar-refractivity contribution in [3.63, 3.8) is 0 Å². The maximum absolute atomic E-state index is 12.9. The van der Waals surface area contributed by atoms with Gasteiger partial charge in [0.05, 0.1) is 18.7 Å². The van der Waals surface area contributed by atoms with Gasteiger partial charge in [-0.3, -0.25) is 9.78 Å². The van der Waals surface area contributed by atoms with Crippen molar-refractivity contribution in [2.45, 2.75) is 56.1 Å². The minimum atomic E-state index is -0.236. The lowest BCUT2D eigenvalue weighted by molar-refractivity contribution is -0.159. The van der Waals surface area contributed by atoms with Crippen LogP contribution in [-0.2, 0) is 4.79 Å². The normalized spacial score (nSPS) is 25.8. The Labute approximate surface area is 188 Å². The van der Waals surface area contributed by atoms with Gasteiger partial charge in [0.25, 0.3) is 0 Å². The van der Waals surface area contributed by atoms with Crippen molar-refractivity contribution in [2.24, 2.45) is 0 Å². The highest BCUT2D eigenvalue weighted by molar-refractivity contribution is 5.87. The van der Waals surface area contributed by atoms with Crippen molar-refractivity contribution in [2.75, 3.05) is 19.7 Å². The average molecular weight is 435 g/mol. The van der Waals surface area contributed by atoms with Crippen molar-refractivity contribution in [1.29, 1.82) is 0 Å². The molecule has 1 aromatic carbocycles. The molecule has 2 aliphatic heterocycles. The highest BCUT2D eigenvalue weighted by atomic mass is 16.3. The number of aliphatic hydroxyl groups is 1. The Morgan fingerprint density at radius 2 is 1.88 bits per heavy atom. The Morgan fingerprint density at radius 3 is 2.56 bits per heavy atom. The molecule has 7 nitrogen and oxygen atoms in total. The number of carbonyl (C=O) groups excluding carboxylic acids is 2. The number of benzene rings is 1. The molecule has 3 aliphatic rings. The number of amides is 3. The summed E-state index contributed by atoms with van der Waals surface area (Å²) in [6.45, 7) is 0.500. The third-order valence-electron chi connectivity index (χ3n) is 7.26. The van der Waals surface area contributed by atoms with Crippen LogP contribution in [0.1, 0.15) is 43.6 Å². The first-order chi connectivity index (χ1) is 15.7. The van der Waals surface area contributed by atoms with E-state index < -0.39 is 0 Å². The number of pyridine rings is 1. The van der Waals surface area contributed by atoms with Crippen LogP contribution in [-0.4, -0.2) is 69.7 Å². The van der Waals surface area contributed by atoms with E-state index in [1.54, 1.807) is 16.0 Å². The van der Waals surface area contributed by atoms with Crippen molar-refractivity contribution in [3.05, 3.63) is 54.4 Å². The van der Waals surface area contributed by atoms with E-state index in [2.05, 4.69) is 34.6 Å². The summed E-state index contributed by atoms with van der Waals surface area (Å²) in [4.78, 5) is 33.3. The lowest BCUT2D eigenvalue weighted by Gasteiger charge is -2.58. The van der Waals surface area contributed by atoms with Crippen molar-refractivity contribution in [3.8, 4) is 11.1 Å². The van der Waals surface area contributed by atoms with Gasteiger partial charge < -0.3 is 20.2 Å². The molecule has 2 N–H and O–H groups in total. The van der Waals surface area contributed by atoms with Crippen LogP contribution in [0.2, 0.25) is 0 Å². The Kier molecular flexibility index (Phi) is 5.83. The number of hydrogen-bond donors (Lipinski definition) is 2. The topological polar surface area (TPSA) is 85.8 Å². The van der Waals surface area contributed by atoms with Gasteiger partial charge in [-0.15, -0.1) is 0 Å². The molecule has 0 unspecified atom stereocenters. The number of fused-ring (bicyclic) bond motifs is 1. The molecule has 1 aromatic heterocycles. The molecule has 2 saturated heterocycles. The standard InChI is InChI=1S/C25H30N4O3/c30-16-22-24(18-10-8-17(9-11-18)19-5-4-12-26-13-19)21-14-28(15-23(31)29(21)22)25(32)27-20-6-2-1-3-7-20/h4-5,8-13,20-22,24,30H,1-3,6-7,14-16H2,(H,27,32)/t21-,22-,24-/m1/s1. The van der Waals surface area contributed by atoms with Crippen LogP contribution >= 0.6 is 0 Å². The number of nitrogens with one attached hydrogen (secondary N) is 1. The predicted molar refractivity (Wildman–Crippen MR) is 121 cm³/mol. The van der Waals surface area contributed by atoms with Crippen LogP contribution in [0.3, 0.4) is 0 Å². The fourth-order valence-corrected chi connectivity index (χ4v) is 5.60. The monoisotopic (exact) mass is 434 g/mol. The van der Waals surface area contributed by atoms with E-state index in [4.69, 9.17) is 0 Å². The average Bonchev–Trinajstić information content (AvgIpc) is 2.82. The first kappa shape index (κ1) is 20.9. The molecule has 2 aromatic rings. The van der Waals surface area contributed by atoms with E-state index in [-0.39, 0.29) is 49.1 Å². The predicted octanol–water partition coefficient (Wildman–Crippen LogP) is 2.76. The number of piperazine rings is 1. The summed E-state index contributed by atoms with van der Waals surface area (Å²) < 4.78 is 0. The third kappa shape index (κ3) is 3.86. The van der Waals surface area contributed by atoms with E-state index in [0.29, 0.717) is 6.54 Å². The Bertz CT molecular complexity index is 959. The zero-order valence-electron chi connectivity index (χ0n) is 18.2. The molecule has 0 radical (unpaired) electrons. The van der Waals surface area contributed by atoms with Gasteiger partial charge >= 0.3 is 6.03 Å². The van der Waals surface area contributed by atoms with Crippen molar-refractivity contribution in [1.82, 2.24) is 20.1 Å². The molecule has 1 aliphatic carbocycles. The quantitative estimate of drug-likeness (QED) is 0.775. The van der Waals surface area contributed by atoms with E-state index >= 15 is 0 Å². The van der Waals surface area contributed by atoms with Crippen LogP contribution in [0.15, 0.2) is 48.8 Å². The molecule has 7 heteroatoms. The van der Waals surface area contributed by atoms with Crippen LogP contribution in [0.4, 0.5) is 4.79 Å². The molecule has 32 heavy (non-hydrogen) atoms. The van der Waals surface area contributed by atoms with Gasteiger partial charge in [0.1, 0.15) is 6.54 Å². The fourth-order valence-electron chi connectivity index (χ4n) is 5.60. The summed E-state index contributed by atoms with van der Waals surface area (Å²) in [5.74, 6) is -0.0699. The number of rotatable bonds is 4. The van der Waals surface area contributed by atoms with Crippen LogP contribution in [0, 0.1) is 0 Å². The van der Waals surface area contributed by atoms with Gasteiger partial charge in [0, 0.05) is 30.9 Å². The van der Waals surface area contributed by atoms with Gasteiger partial charge in [0.2, 0.25) is 5.91 Å². The lowest BCUT2D eigenvalue weighted by Crippen LogP contribution is -2.74. The fraction of sp³-hybridized carbons (Fsp3) is 0.480. The molecule has 3 heterocycles. The molecular formula is C25H30N4O3. The van der Waals surface area contributed by atoms with E-state index in [1.165, 1.54) is 6.42 Å². The second-order valence-corrected chi connectivity index (χ2v) is 9.17. The molecule has 0 bridgehead atoms. The van der Waals surface area contributed by atoms with E-state index in [1.807, 2.05) is 18.3 Å². The number of hydrogen-bond acceptors (Lipinski definition) is 4. The largest absolute Gasteiger partial charge is 0.394 e. The maximum Gasteiger partial charge on any atom is 0.318 e. The number of aliphatic hydroxyl groups excluding tert-OH is 1. The lowest BCUT2D eigenvalue weighted by atomic mass is 9.73. The number of urea groups is 1. The molecule has 5 rings (SSSR count). The summed E-state index contributed by atoms with van der Waals surface area (Å²) in [6, 6.07) is 11.9. The maximum atomic E-state index is 12.9. The first-order valence-corrected chi connectivity index (χ1v) is 11.6. The number of nitrogens with zero attached hydrogens (tertiary/aromatic N) is 3. The van der Waals surface area contributed by atoms with Gasteiger partial charge in [-0.2, -0.15) is 0 Å². The van der Waals surface area contributed by atoms with Crippen LogP contribution < -0.4 is 5.32 Å². The first-order valence-electron chi connectivity index (χ1n) is 11.6. The molecule has 1 saturated carbocycles. The Balaban J connectivity index is 1.31. The minimum Gasteiger partial charge on any atom is -0.394 e. The Morgan fingerprint density at radius 1 is 1.09 bits per heavy atom. The summed E-state index contributed by atoms with van der Waals surface area (Å²) in [5, 5.41) is 13.1. The summed E-state index contributed by atoms with van der Waals surface area (Å²) in [6.07, 6.45) is 9.14. The highest BCUT2D eigenvalue weighted by Gasteiger charge is 2.54. The molecule has 3 amide bonds. The third-order valence-corrected chi connectivity index (χ3v) is 7.26. The highest BCUT2D eigenvalue weighted by Crippen LogP contribution is 2.43. The SMILES string of the molecule is O=C(NC1CCCCC1)N1CC(=O)N2[C@H](CO)[C@H](c3ccc(-c4cccnc4)cc3)[C@H]2C1. The summed E-state index contributed by atoms with van der Waals surface area (Å²) in [7, 11) is 0. The van der Waals surface area contributed by atoms with Crippen molar-refractivity contribution >= 4 is 11.9 Å². The smallest absolute Gasteiger partial charge is 0.318 e. The van der Waals surface area contributed by atoms with Gasteiger partial charge in [0.15, 0.2) is 0 Å². The van der Waals surface area contributed by atoms with Gasteiger partial charge in [-0.25, -0.2) is 4.79 Å². The van der Waals surface area contributed by atoms with Gasteiger partial charge in [-0.1, -0.05) is 49.6 Å².